The highest BCUT2D eigenvalue weighted by molar-refractivity contribution is 7.99. The number of carbonyl (C=O) groups is 1. The Morgan fingerprint density at radius 3 is 2.37 bits per heavy atom. The molecule has 0 atom stereocenters. The lowest BCUT2D eigenvalue weighted by Crippen LogP contribution is -2.17. The van der Waals surface area contributed by atoms with Gasteiger partial charge in [0.25, 0.3) is 5.56 Å². The summed E-state index contributed by atoms with van der Waals surface area (Å²) in [4.78, 5) is 26.9. The quantitative estimate of drug-likeness (QED) is 0.568. The first kappa shape index (κ1) is 19.7. The van der Waals surface area contributed by atoms with Crippen LogP contribution in [-0.4, -0.2) is 26.8 Å². The predicted octanol–water partition coefficient (Wildman–Crippen LogP) is 4.52. The molecule has 3 aromatic rings. The molecule has 1 aromatic heterocycles. The SMILES string of the molecule is O=C(CSc1nnc(-c2ccccc2)c(=O)[nH]1)Nc1c(Cl)cc(Cl)cc1Cl. The van der Waals surface area contributed by atoms with Crippen molar-refractivity contribution in [3.63, 3.8) is 0 Å². The number of nitrogens with zero attached hydrogens (tertiary/aromatic N) is 2. The summed E-state index contributed by atoms with van der Waals surface area (Å²) in [5, 5.41) is 11.5. The fraction of sp³-hybridized carbons (Fsp3) is 0.0588. The van der Waals surface area contributed by atoms with Crippen LogP contribution in [0.2, 0.25) is 15.1 Å². The van der Waals surface area contributed by atoms with E-state index in [1.165, 1.54) is 12.1 Å². The largest absolute Gasteiger partial charge is 0.323 e. The lowest BCUT2D eigenvalue weighted by Gasteiger charge is -2.09. The molecule has 0 aliphatic heterocycles. The van der Waals surface area contributed by atoms with Crippen LogP contribution in [0.3, 0.4) is 0 Å². The summed E-state index contributed by atoms with van der Waals surface area (Å²) in [6, 6.07) is 11.9. The molecule has 0 spiro atoms. The average molecular weight is 442 g/mol. The third-order valence-electron chi connectivity index (χ3n) is 3.33. The van der Waals surface area contributed by atoms with E-state index in [2.05, 4.69) is 20.5 Å². The number of aromatic amines is 1. The molecular formula is C17H11Cl3N4O2S. The first-order valence-corrected chi connectivity index (χ1v) is 9.65. The number of H-pyrrole nitrogens is 1. The third kappa shape index (κ3) is 5.01. The highest BCUT2D eigenvalue weighted by atomic mass is 35.5. The van der Waals surface area contributed by atoms with E-state index in [-0.39, 0.29) is 43.8 Å². The number of hydrogen-bond acceptors (Lipinski definition) is 5. The van der Waals surface area contributed by atoms with Crippen LogP contribution in [0.4, 0.5) is 5.69 Å². The van der Waals surface area contributed by atoms with Crippen molar-refractivity contribution >= 4 is 58.2 Å². The van der Waals surface area contributed by atoms with Crippen molar-refractivity contribution in [3.05, 3.63) is 67.9 Å². The summed E-state index contributed by atoms with van der Waals surface area (Å²) >= 11 is 18.9. The molecule has 0 aliphatic carbocycles. The second kappa shape index (κ2) is 8.75. The van der Waals surface area contributed by atoms with Gasteiger partial charge in [-0.25, -0.2) is 0 Å². The number of amides is 1. The topological polar surface area (TPSA) is 87.7 Å². The van der Waals surface area contributed by atoms with E-state index in [9.17, 15) is 9.59 Å². The predicted molar refractivity (Wildman–Crippen MR) is 109 cm³/mol. The monoisotopic (exact) mass is 440 g/mol. The average Bonchev–Trinajstić information content (AvgIpc) is 2.64. The third-order valence-corrected chi connectivity index (χ3v) is 5.01. The van der Waals surface area contributed by atoms with Gasteiger partial charge < -0.3 is 5.32 Å². The molecule has 2 aromatic carbocycles. The molecule has 1 heterocycles. The zero-order valence-electron chi connectivity index (χ0n) is 13.5. The minimum atomic E-state index is -0.386. The summed E-state index contributed by atoms with van der Waals surface area (Å²) in [6.07, 6.45) is 0. The molecule has 1 amide bonds. The lowest BCUT2D eigenvalue weighted by atomic mass is 10.2. The molecule has 10 heteroatoms. The van der Waals surface area contributed by atoms with Gasteiger partial charge in [0.1, 0.15) is 0 Å². The molecule has 0 saturated carbocycles. The van der Waals surface area contributed by atoms with Gasteiger partial charge in [-0.3, -0.25) is 14.6 Å². The number of aromatic nitrogens is 3. The van der Waals surface area contributed by atoms with Crippen LogP contribution >= 0.6 is 46.6 Å². The standard InChI is InChI=1S/C17H11Cl3N4O2S/c18-10-6-11(19)15(12(20)7-10)21-13(25)8-27-17-22-16(26)14(23-24-17)9-4-2-1-3-5-9/h1-7H,8H2,(H,21,25)(H,22,24,26). The first-order valence-electron chi connectivity index (χ1n) is 7.53. The van der Waals surface area contributed by atoms with E-state index < -0.39 is 0 Å². The highest BCUT2D eigenvalue weighted by Crippen LogP contribution is 2.33. The number of benzene rings is 2. The molecule has 0 aliphatic rings. The van der Waals surface area contributed by atoms with Crippen molar-refractivity contribution in [2.45, 2.75) is 5.16 Å². The van der Waals surface area contributed by atoms with Gasteiger partial charge in [-0.2, -0.15) is 0 Å². The summed E-state index contributed by atoms with van der Waals surface area (Å²) < 4.78 is 0. The minimum absolute atomic E-state index is 0.0232. The number of halogens is 3. The van der Waals surface area contributed by atoms with Crippen LogP contribution in [0.1, 0.15) is 0 Å². The van der Waals surface area contributed by atoms with E-state index in [0.717, 1.165) is 11.8 Å². The van der Waals surface area contributed by atoms with E-state index in [1.807, 2.05) is 6.07 Å². The van der Waals surface area contributed by atoms with Gasteiger partial charge in [-0.15, -0.1) is 10.2 Å². The number of carbonyl (C=O) groups excluding carboxylic acids is 1. The van der Waals surface area contributed by atoms with Crippen molar-refractivity contribution in [2.75, 3.05) is 11.1 Å². The Bertz CT molecular complexity index is 1020. The first-order chi connectivity index (χ1) is 12.9. The maximum atomic E-state index is 12.2. The van der Waals surface area contributed by atoms with Gasteiger partial charge in [-0.1, -0.05) is 76.9 Å². The van der Waals surface area contributed by atoms with Crippen molar-refractivity contribution in [1.82, 2.24) is 15.2 Å². The van der Waals surface area contributed by atoms with Crippen LogP contribution in [0.25, 0.3) is 11.3 Å². The minimum Gasteiger partial charge on any atom is -0.323 e. The van der Waals surface area contributed by atoms with Gasteiger partial charge in [0.15, 0.2) is 10.9 Å². The maximum Gasteiger partial charge on any atom is 0.278 e. The van der Waals surface area contributed by atoms with Gasteiger partial charge in [0.05, 0.1) is 21.5 Å². The number of rotatable bonds is 5. The Labute approximate surface area is 173 Å². The van der Waals surface area contributed by atoms with Crippen molar-refractivity contribution in [3.8, 4) is 11.3 Å². The molecular weight excluding hydrogens is 431 g/mol. The van der Waals surface area contributed by atoms with E-state index >= 15 is 0 Å². The number of anilines is 1. The summed E-state index contributed by atoms with van der Waals surface area (Å²) in [7, 11) is 0. The molecule has 0 unspecified atom stereocenters. The second-order valence-electron chi connectivity index (χ2n) is 5.26. The zero-order chi connectivity index (χ0) is 19.4. The Balaban J connectivity index is 1.66. The molecule has 27 heavy (non-hydrogen) atoms. The highest BCUT2D eigenvalue weighted by Gasteiger charge is 2.13. The number of hydrogen-bond donors (Lipinski definition) is 2. The van der Waals surface area contributed by atoms with Crippen LogP contribution < -0.4 is 10.9 Å². The normalized spacial score (nSPS) is 10.6. The molecule has 0 saturated heterocycles. The molecule has 0 radical (unpaired) electrons. The van der Waals surface area contributed by atoms with Crippen LogP contribution in [0.5, 0.6) is 0 Å². The van der Waals surface area contributed by atoms with Gasteiger partial charge in [0.2, 0.25) is 5.91 Å². The van der Waals surface area contributed by atoms with E-state index in [1.54, 1.807) is 24.3 Å². The van der Waals surface area contributed by atoms with Gasteiger partial charge >= 0.3 is 0 Å². The fourth-order valence-electron chi connectivity index (χ4n) is 2.14. The Morgan fingerprint density at radius 1 is 1.07 bits per heavy atom. The maximum absolute atomic E-state index is 12.2. The van der Waals surface area contributed by atoms with E-state index in [0.29, 0.717) is 10.6 Å². The van der Waals surface area contributed by atoms with Crippen LogP contribution in [0.15, 0.2) is 52.4 Å². The second-order valence-corrected chi connectivity index (χ2v) is 7.47. The molecule has 138 valence electrons. The molecule has 0 fully saturated rings. The van der Waals surface area contributed by atoms with Crippen molar-refractivity contribution in [1.29, 1.82) is 0 Å². The Hall–Kier alpha value is -2.06. The smallest absolute Gasteiger partial charge is 0.278 e. The fourth-order valence-corrected chi connectivity index (χ4v) is 3.66. The summed E-state index contributed by atoms with van der Waals surface area (Å²) in [6.45, 7) is 0. The lowest BCUT2D eigenvalue weighted by molar-refractivity contribution is -0.113. The molecule has 0 bridgehead atoms. The molecule has 6 nitrogen and oxygen atoms in total. The Morgan fingerprint density at radius 2 is 1.74 bits per heavy atom. The van der Waals surface area contributed by atoms with Crippen molar-refractivity contribution < 1.29 is 4.79 Å². The molecule has 3 rings (SSSR count). The number of thioether (sulfide) groups is 1. The van der Waals surface area contributed by atoms with Gasteiger partial charge in [-0.05, 0) is 12.1 Å². The number of nitrogens with one attached hydrogen (secondary N) is 2. The van der Waals surface area contributed by atoms with Crippen LogP contribution in [-0.2, 0) is 4.79 Å². The summed E-state index contributed by atoms with van der Waals surface area (Å²) in [5.41, 5.74) is 0.756. The van der Waals surface area contributed by atoms with Crippen LogP contribution in [0, 0.1) is 0 Å². The van der Waals surface area contributed by atoms with Gasteiger partial charge in [0, 0.05) is 10.6 Å². The van der Waals surface area contributed by atoms with Crippen molar-refractivity contribution in [2.24, 2.45) is 0 Å². The zero-order valence-corrected chi connectivity index (χ0v) is 16.6. The summed E-state index contributed by atoms with van der Waals surface area (Å²) in [5.74, 6) is -0.397. The molecule has 2 N–H and O–H groups in total. The van der Waals surface area contributed by atoms with E-state index in [4.69, 9.17) is 34.8 Å². The Kier molecular flexibility index (Phi) is 6.38.